The summed E-state index contributed by atoms with van der Waals surface area (Å²) in [6.45, 7) is 10.4. The number of fused-ring (bicyclic) bond motifs is 5. The van der Waals surface area contributed by atoms with Gasteiger partial charge in [0.05, 0.1) is 0 Å². The lowest BCUT2D eigenvalue weighted by Crippen LogP contribution is -2.57. The van der Waals surface area contributed by atoms with E-state index in [0.29, 0.717) is 30.1 Å². The summed E-state index contributed by atoms with van der Waals surface area (Å²) < 4.78 is 5.98. The monoisotopic (exact) mass is 356 g/mol. The molecule has 4 aliphatic rings. The van der Waals surface area contributed by atoms with Crippen LogP contribution in [-0.4, -0.2) is 17.9 Å². The van der Waals surface area contributed by atoms with E-state index in [0.717, 1.165) is 25.7 Å². The first-order valence-corrected chi connectivity index (χ1v) is 10.3. The molecule has 3 heteroatoms. The van der Waals surface area contributed by atoms with E-state index in [1.807, 2.05) is 6.08 Å². The highest BCUT2D eigenvalue weighted by Crippen LogP contribution is 2.67. The maximum Gasteiger partial charge on any atom is 0.302 e. The number of hydrogen-bond donors (Lipinski definition) is 0. The lowest BCUT2D eigenvalue weighted by Gasteiger charge is -2.60. The number of allylic oxidation sites excluding steroid dienone is 2. The molecule has 3 fully saturated rings. The molecule has 142 valence electrons. The Hall–Kier alpha value is -1.38. The van der Waals surface area contributed by atoms with E-state index in [1.165, 1.54) is 25.3 Å². The van der Waals surface area contributed by atoms with Gasteiger partial charge in [-0.25, -0.2) is 0 Å². The molecule has 0 spiro atoms. The van der Waals surface area contributed by atoms with E-state index in [-0.39, 0.29) is 28.7 Å². The van der Waals surface area contributed by atoms with Gasteiger partial charge in [0.25, 0.3) is 0 Å². The average molecular weight is 357 g/mol. The second kappa shape index (κ2) is 6.07. The Labute approximate surface area is 157 Å². The number of ether oxygens (including phenoxy) is 1. The van der Waals surface area contributed by atoms with Crippen molar-refractivity contribution in [1.29, 1.82) is 0 Å². The van der Waals surface area contributed by atoms with Crippen LogP contribution in [0, 0.1) is 34.5 Å². The highest BCUT2D eigenvalue weighted by atomic mass is 16.5. The number of ketones is 1. The minimum Gasteiger partial charge on any atom is -0.462 e. The lowest BCUT2D eigenvalue weighted by molar-refractivity contribution is -0.174. The third-order valence-corrected chi connectivity index (χ3v) is 8.55. The van der Waals surface area contributed by atoms with Gasteiger partial charge < -0.3 is 4.74 Å². The van der Waals surface area contributed by atoms with Crippen LogP contribution in [0.1, 0.15) is 65.7 Å². The molecule has 0 aromatic heterocycles. The Bertz CT molecular complexity index is 677. The Morgan fingerprint density at radius 1 is 1.27 bits per heavy atom. The SMILES string of the molecule is C=C[C@H]1CC[C@H]2[C@@H]3CCC4=CC(=O)CC[C@]4(C)[C@H]3C(OC(C)=O)C[C@]12C. The summed E-state index contributed by atoms with van der Waals surface area (Å²) >= 11 is 0. The molecule has 0 amide bonds. The van der Waals surface area contributed by atoms with Crippen LogP contribution < -0.4 is 0 Å². The van der Waals surface area contributed by atoms with Crippen LogP contribution in [0.25, 0.3) is 0 Å². The van der Waals surface area contributed by atoms with Crippen molar-refractivity contribution in [3.05, 3.63) is 24.3 Å². The van der Waals surface area contributed by atoms with Gasteiger partial charge in [0, 0.05) is 19.3 Å². The molecule has 4 aliphatic carbocycles. The van der Waals surface area contributed by atoms with Crippen LogP contribution >= 0.6 is 0 Å². The lowest BCUT2D eigenvalue weighted by atomic mass is 9.46. The van der Waals surface area contributed by atoms with Crippen LogP contribution in [0.2, 0.25) is 0 Å². The zero-order chi connectivity index (χ0) is 18.7. The topological polar surface area (TPSA) is 43.4 Å². The Kier molecular flexibility index (Phi) is 4.20. The largest absolute Gasteiger partial charge is 0.462 e. The molecule has 0 radical (unpaired) electrons. The molecular weight excluding hydrogens is 324 g/mol. The molecule has 0 N–H and O–H groups in total. The van der Waals surface area contributed by atoms with Gasteiger partial charge in [-0.15, -0.1) is 6.58 Å². The summed E-state index contributed by atoms with van der Waals surface area (Å²) in [5.74, 6) is 2.23. The summed E-state index contributed by atoms with van der Waals surface area (Å²) in [4.78, 5) is 24.0. The van der Waals surface area contributed by atoms with E-state index in [2.05, 4.69) is 26.5 Å². The van der Waals surface area contributed by atoms with Crippen molar-refractivity contribution in [2.45, 2.75) is 71.8 Å². The average Bonchev–Trinajstić information content (AvgIpc) is 2.90. The summed E-state index contributed by atoms with van der Waals surface area (Å²) in [5, 5.41) is 0. The summed E-state index contributed by atoms with van der Waals surface area (Å²) in [5.41, 5.74) is 1.50. The molecule has 0 saturated heterocycles. The highest BCUT2D eigenvalue weighted by molar-refractivity contribution is 5.91. The van der Waals surface area contributed by atoms with Gasteiger partial charge in [-0.1, -0.05) is 25.5 Å². The molecule has 1 unspecified atom stereocenters. The van der Waals surface area contributed by atoms with Crippen molar-refractivity contribution in [3.63, 3.8) is 0 Å². The van der Waals surface area contributed by atoms with Crippen molar-refractivity contribution in [3.8, 4) is 0 Å². The van der Waals surface area contributed by atoms with Gasteiger partial charge in [-0.2, -0.15) is 0 Å². The molecule has 3 nitrogen and oxygen atoms in total. The van der Waals surface area contributed by atoms with Crippen LogP contribution in [0.4, 0.5) is 0 Å². The van der Waals surface area contributed by atoms with Gasteiger partial charge >= 0.3 is 5.97 Å². The van der Waals surface area contributed by atoms with Crippen molar-refractivity contribution >= 4 is 11.8 Å². The molecule has 3 saturated carbocycles. The fraction of sp³-hybridized carbons (Fsp3) is 0.739. The molecule has 26 heavy (non-hydrogen) atoms. The summed E-state index contributed by atoms with van der Waals surface area (Å²) in [6.07, 6.45) is 11.1. The molecule has 0 bridgehead atoms. The number of rotatable bonds is 2. The van der Waals surface area contributed by atoms with Crippen molar-refractivity contribution in [1.82, 2.24) is 0 Å². The predicted molar refractivity (Wildman–Crippen MR) is 101 cm³/mol. The van der Waals surface area contributed by atoms with Gasteiger partial charge in [0.2, 0.25) is 0 Å². The van der Waals surface area contributed by atoms with E-state index in [1.54, 1.807) is 0 Å². The van der Waals surface area contributed by atoms with Crippen LogP contribution in [0.5, 0.6) is 0 Å². The molecule has 0 aromatic rings. The Balaban J connectivity index is 1.77. The fourth-order valence-corrected chi connectivity index (χ4v) is 7.40. The third kappa shape index (κ3) is 2.46. The molecule has 0 aliphatic heterocycles. The third-order valence-electron chi connectivity index (χ3n) is 8.55. The van der Waals surface area contributed by atoms with Crippen LogP contribution in [0.15, 0.2) is 24.3 Å². The van der Waals surface area contributed by atoms with Crippen LogP contribution in [0.3, 0.4) is 0 Å². The number of esters is 1. The van der Waals surface area contributed by atoms with Crippen LogP contribution in [-0.2, 0) is 14.3 Å². The highest BCUT2D eigenvalue weighted by Gasteiger charge is 2.62. The van der Waals surface area contributed by atoms with E-state index in [9.17, 15) is 9.59 Å². The minimum absolute atomic E-state index is 0.00450. The standard InChI is InChI=1S/C23H32O3/c1-5-15-7-9-19-18-8-6-16-12-17(25)10-11-22(16,3)21(18)20(26-14(2)24)13-23(15,19)4/h5,12,15,18-21H,1,6-11,13H2,2-4H3/t15-,18-,19-,20?,21+,22-,23+/m0/s1. The molecule has 7 atom stereocenters. The van der Waals surface area contributed by atoms with E-state index in [4.69, 9.17) is 4.74 Å². The Morgan fingerprint density at radius 3 is 2.73 bits per heavy atom. The number of carbonyl (C=O) groups excluding carboxylic acids is 2. The zero-order valence-electron chi connectivity index (χ0n) is 16.4. The first-order chi connectivity index (χ1) is 12.3. The first kappa shape index (κ1) is 18.0. The molecule has 4 rings (SSSR count). The van der Waals surface area contributed by atoms with Gasteiger partial charge in [-0.05, 0) is 73.2 Å². The fourth-order valence-electron chi connectivity index (χ4n) is 7.40. The molecular formula is C23H32O3. The minimum atomic E-state index is -0.171. The zero-order valence-corrected chi connectivity index (χ0v) is 16.4. The van der Waals surface area contributed by atoms with Crippen molar-refractivity contribution in [2.24, 2.45) is 34.5 Å². The Morgan fingerprint density at radius 2 is 2.04 bits per heavy atom. The smallest absolute Gasteiger partial charge is 0.302 e. The quantitative estimate of drug-likeness (QED) is 0.524. The van der Waals surface area contributed by atoms with Crippen molar-refractivity contribution in [2.75, 3.05) is 0 Å². The predicted octanol–water partition coefficient (Wildman–Crippen LogP) is 4.86. The first-order valence-electron chi connectivity index (χ1n) is 10.3. The second-order valence-corrected chi connectivity index (χ2v) is 9.67. The van der Waals surface area contributed by atoms with E-state index < -0.39 is 0 Å². The van der Waals surface area contributed by atoms with Gasteiger partial charge in [0.15, 0.2) is 5.78 Å². The normalized spacial score (nSPS) is 47.3. The maximum atomic E-state index is 12.0. The molecule has 0 heterocycles. The van der Waals surface area contributed by atoms with Gasteiger partial charge in [-0.3, -0.25) is 9.59 Å². The van der Waals surface area contributed by atoms with Crippen molar-refractivity contribution < 1.29 is 14.3 Å². The number of carbonyl (C=O) groups is 2. The second-order valence-electron chi connectivity index (χ2n) is 9.67. The number of hydrogen-bond acceptors (Lipinski definition) is 3. The van der Waals surface area contributed by atoms with E-state index >= 15 is 0 Å². The molecule has 0 aromatic carbocycles. The maximum absolute atomic E-state index is 12.0. The summed E-state index contributed by atoms with van der Waals surface area (Å²) in [6, 6.07) is 0. The van der Waals surface area contributed by atoms with Gasteiger partial charge in [0.1, 0.15) is 6.10 Å². The summed E-state index contributed by atoms with van der Waals surface area (Å²) in [7, 11) is 0.